The van der Waals surface area contributed by atoms with Gasteiger partial charge < -0.3 is 14.8 Å². The minimum atomic E-state index is -0.104. The summed E-state index contributed by atoms with van der Waals surface area (Å²) < 4.78 is 11.0. The predicted molar refractivity (Wildman–Crippen MR) is 92.7 cm³/mol. The normalized spacial score (nSPS) is 16.0. The van der Waals surface area contributed by atoms with Gasteiger partial charge in [-0.2, -0.15) is 0 Å². The van der Waals surface area contributed by atoms with Crippen LogP contribution in [0.15, 0.2) is 12.1 Å². The molecule has 0 radical (unpaired) electrons. The Bertz CT molecular complexity index is 537. The van der Waals surface area contributed by atoms with Gasteiger partial charge in [-0.1, -0.05) is 37.3 Å². The van der Waals surface area contributed by atoms with Crippen LogP contribution in [0.2, 0.25) is 5.02 Å². The highest BCUT2D eigenvalue weighted by Crippen LogP contribution is 2.37. The molecule has 1 saturated carbocycles. The molecule has 5 heteroatoms. The van der Waals surface area contributed by atoms with Gasteiger partial charge in [0.1, 0.15) is 0 Å². The first-order chi connectivity index (χ1) is 11.0. The molecule has 1 N–H and O–H groups in total. The van der Waals surface area contributed by atoms with Gasteiger partial charge in [-0.15, -0.1) is 0 Å². The maximum Gasteiger partial charge on any atom is 0.251 e. The molecule has 0 atom stereocenters. The van der Waals surface area contributed by atoms with E-state index in [1.165, 1.54) is 25.7 Å². The fraction of sp³-hybridized carbons (Fsp3) is 0.611. The van der Waals surface area contributed by atoms with E-state index < -0.39 is 0 Å². The first-order valence-electron chi connectivity index (χ1n) is 8.36. The first-order valence-corrected chi connectivity index (χ1v) is 8.74. The lowest BCUT2D eigenvalue weighted by Crippen LogP contribution is -2.34. The van der Waals surface area contributed by atoms with Gasteiger partial charge in [-0.3, -0.25) is 4.79 Å². The van der Waals surface area contributed by atoms with Crippen molar-refractivity contribution in [2.45, 2.75) is 64.5 Å². The Morgan fingerprint density at radius 3 is 2.43 bits per heavy atom. The summed E-state index contributed by atoms with van der Waals surface area (Å²) >= 11 is 6.29. The molecule has 128 valence electrons. The fourth-order valence-corrected chi connectivity index (χ4v) is 3.15. The molecule has 0 spiro atoms. The second-order valence-electron chi connectivity index (χ2n) is 6.32. The molecule has 2 rings (SSSR count). The Morgan fingerprint density at radius 2 is 1.87 bits per heavy atom. The molecule has 1 aliphatic rings. The second kappa shape index (κ2) is 8.44. The van der Waals surface area contributed by atoms with Gasteiger partial charge in [0.2, 0.25) is 0 Å². The summed E-state index contributed by atoms with van der Waals surface area (Å²) in [7, 11) is 1.55. The van der Waals surface area contributed by atoms with E-state index in [-0.39, 0.29) is 18.1 Å². The molecular weight excluding hydrogens is 314 g/mol. The largest absolute Gasteiger partial charge is 0.493 e. The zero-order valence-corrected chi connectivity index (χ0v) is 14.9. The van der Waals surface area contributed by atoms with Crippen molar-refractivity contribution >= 4 is 17.5 Å². The van der Waals surface area contributed by atoms with E-state index in [9.17, 15) is 4.79 Å². The maximum atomic E-state index is 12.5. The maximum absolute atomic E-state index is 12.5. The van der Waals surface area contributed by atoms with Crippen LogP contribution in [0.25, 0.3) is 0 Å². The Morgan fingerprint density at radius 1 is 1.22 bits per heavy atom. The standard InChI is InChI=1S/C18H26ClNO3/c1-12(2)23-17-15(19)10-13(11-16(17)22-3)18(21)20-14-8-6-4-5-7-9-14/h10-12,14H,4-9H2,1-3H3,(H,20,21). The molecule has 23 heavy (non-hydrogen) atoms. The van der Waals surface area contributed by atoms with Gasteiger partial charge in [0, 0.05) is 11.6 Å². The number of amides is 1. The zero-order valence-electron chi connectivity index (χ0n) is 14.2. The van der Waals surface area contributed by atoms with Gasteiger partial charge in [-0.05, 0) is 38.8 Å². The summed E-state index contributed by atoms with van der Waals surface area (Å²) in [5, 5.41) is 3.51. The van der Waals surface area contributed by atoms with Crippen molar-refractivity contribution in [3.05, 3.63) is 22.7 Å². The Labute approximate surface area is 143 Å². The summed E-state index contributed by atoms with van der Waals surface area (Å²) in [6, 6.07) is 3.59. The SMILES string of the molecule is COc1cc(C(=O)NC2CCCCCC2)cc(Cl)c1OC(C)C. The highest BCUT2D eigenvalue weighted by molar-refractivity contribution is 6.32. The molecule has 1 aromatic rings. The van der Waals surface area contributed by atoms with E-state index >= 15 is 0 Å². The highest BCUT2D eigenvalue weighted by atomic mass is 35.5. The van der Waals surface area contributed by atoms with Crippen LogP contribution in [0, 0.1) is 0 Å². The van der Waals surface area contributed by atoms with E-state index in [0.29, 0.717) is 22.1 Å². The van der Waals surface area contributed by atoms with Crippen molar-refractivity contribution in [1.82, 2.24) is 5.32 Å². The van der Waals surface area contributed by atoms with Gasteiger partial charge in [0.25, 0.3) is 5.91 Å². The zero-order chi connectivity index (χ0) is 16.8. The van der Waals surface area contributed by atoms with Crippen molar-refractivity contribution in [3.8, 4) is 11.5 Å². The predicted octanol–water partition coefficient (Wildman–Crippen LogP) is 4.59. The summed E-state index contributed by atoms with van der Waals surface area (Å²) in [4.78, 5) is 12.5. The highest BCUT2D eigenvalue weighted by Gasteiger charge is 2.19. The van der Waals surface area contributed by atoms with Crippen molar-refractivity contribution < 1.29 is 14.3 Å². The van der Waals surface area contributed by atoms with Crippen LogP contribution in [-0.2, 0) is 0 Å². The lowest BCUT2D eigenvalue weighted by Gasteiger charge is -2.18. The van der Waals surface area contributed by atoms with Crippen molar-refractivity contribution in [2.24, 2.45) is 0 Å². The summed E-state index contributed by atoms with van der Waals surface area (Å²) in [6.07, 6.45) is 6.94. The number of hydrogen-bond acceptors (Lipinski definition) is 3. The van der Waals surface area contributed by atoms with Crippen LogP contribution in [-0.4, -0.2) is 25.2 Å². The van der Waals surface area contributed by atoms with E-state index in [4.69, 9.17) is 21.1 Å². The van der Waals surface area contributed by atoms with Gasteiger partial charge in [0.05, 0.1) is 18.2 Å². The van der Waals surface area contributed by atoms with Gasteiger partial charge in [-0.25, -0.2) is 0 Å². The minimum Gasteiger partial charge on any atom is -0.493 e. The molecule has 1 amide bonds. The van der Waals surface area contributed by atoms with Crippen LogP contribution >= 0.6 is 11.6 Å². The van der Waals surface area contributed by atoms with Crippen molar-refractivity contribution in [1.29, 1.82) is 0 Å². The molecule has 0 bridgehead atoms. The average molecular weight is 340 g/mol. The van der Waals surface area contributed by atoms with Crippen LogP contribution in [0.4, 0.5) is 0 Å². The molecule has 0 heterocycles. The smallest absolute Gasteiger partial charge is 0.251 e. The third-order valence-electron chi connectivity index (χ3n) is 4.04. The Kier molecular flexibility index (Phi) is 6.58. The summed E-state index contributed by atoms with van der Waals surface area (Å²) in [6.45, 7) is 3.84. The molecular formula is C18H26ClNO3. The molecule has 1 fully saturated rings. The number of halogens is 1. The second-order valence-corrected chi connectivity index (χ2v) is 6.73. The third kappa shape index (κ3) is 5.03. The Balaban J connectivity index is 2.15. The number of nitrogens with one attached hydrogen (secondary N) is 1. The number of methoxy groups -OCH3 is 1. The summed E-state index contributed by atoms with van der Waals surface area (Å²) in [5.74, 6) is 0.862. The Hall–Kier alpha value is -1.42. The van der Waals surface area contributed by atoms with Crippen LogP contribution < -0.4 is 14.8 Å². The summed E-state index contributed by atoms with van der Waals surface area (Å²) in [5.41, 5.74) is 0.507. The number of carbonyl (C=O) groups excluding carboxylic acids is 1. The number of benzene rings is 1. The number of carbonyl (C=O) groups is 1. The van der Waals surface area contributed by atoms with E-state index in [2.05, 4.69) is 5.32 Å². The lowest BCUT2D eigenvalue weighted by molar-refractivity contribution is 0.0933. The van der Waals surface area contributed by atoms with Gasteiger partial charge >= 0.3 is 0 Å². The van der Waals surface area contributed by atoms with Crippen molar-refractivity contribution in [2.75, 3.05) is 7.11 Å². The average Bonchev–Trinajstić information content (AvgIpc) is 2.77. The molecule has 1 aromatic carbocycles. The van der Waals surface area contributed by atoms with Crippen LogP contribution in [0.3, 0.4) is 0 Å². The van der Waals surface area contributed by atoms with Crippen molar-refractivity contribution in [3.63, 3.8) is 0 Å². The molecule has 0 unspecified atom stereocenters. The van der Waals surface area contributed by atoms with Crippen LogP contribution in [0.1, 0.15) is 62.7 Å². The molecule has 0 aromatic heterocycles. The molecule has 0 saturated heterocycles. The van der Waals surface area contributed by atoms with Gasteiger partial charge in [0.15, 0.2) is 11.5 Å². The van der Waals surface area contributed by atoms with E-state index in [0.717, 1.165) is 12.8 Å². The molecule has 4 nitrogen and oxygen atoms in total. The van der Waals surface area contributed by atoms with E-state index in [1.54, 1.807) is 19.2 Å². The third-order valence-corrected chi connectivity index (χ3v) is 4.32. The fourth-order valence-electron chi connectivity index (χ4n) is 2.89. The quantitative estimate of drug-likeness (QED) is 0.798. The number of rotatable bonds is 5. The monoisotopic (exact) mass is 339 g/mol. The van der Waals surface area contributed by atoms with E-state index in [1.807, 2.05) is 13.8 Å². The lowest BCUT2D eigenvalue weighted by atomic mass is 10.1. The molecule has 1 aliphatic carbocycles. The minimum absolute atomic E-state index is 0.0212. The van der Waals surface area contributed by atoms with Crippen LogP contribution in [0.5, 0.6) is 11.5 Å². The number of ether oxygens (including phenoxy) is 2. The molecule has 0 aliphatic heterocycles. The number of hydrogen-bond donors (Lipinski definition) is 1. The first kappa shape index (κ1) is 17.9. The topological polar surface area (TPSA) is 47.6 Å².